The Balaban J connectivity index is 2.10. The van der Waals surface area contributed by atoms with Crippen molar-refractivity contribution < 1.29 is 9.47 Å². The zero-order chi connectivity index (χ0) is 15.2. The Morgan fingerprint density at radius 1 is 1.19 bits per heavy atom. The average Bonchev–Trinajstić information content (AvgIpc) is 2.95. The number of rotatable bonds is 7. The Hall–Kier alpha value is -1.59. The first-order valence-corrected chi connectivity index (χ1v) is 7.89. The maximum Gasteiger partial charge on any atom is 0.161 e. The molecule has 114 valence electrons. The number of hydrogen-bond acceptors (Lipinski definition) is 5. The Kier molecular flexibility index (Phi) is 5.59. The summed E-state index contributed by atoms with van der Waals surface area (Å²) in [5.41, 5.74) is 2.02. The second-order valence-electron chi connectivity index (χ2n) is 5.22. The van der Waals surface area contributed by atoms with Crippen molar-refractivity contribution in [3.63, 3.8) is 0 Å². The third kappa shape index (κ3) is 4.19. The Labute approximate surface area is 130 Å². The van der Waals surface area contributed by atoms with Crippen LogP contribution in [0, 0.1) is 5.92 Å². The van der Waals surface area contributed by atoms with Crippen LogP contribution < -0.4 is 14.8 Å². The molecule has 1 heterocycles. The van der Waals surface area contributed by atoms with Gasteiger partial charge in [0.1, 0.15) is 5.01 Å². The summed E-state index contributed by atoms with van der Waals surface area (Å²) >= 11 is 1.67. The zero-order valence-corrected chi connectivity index (χ0v) is 13.8. The number of methoxy groups -OCH3 is 2. The SMILES string of the molecule is COc1ccc(-c2csc(CNCC(C)C)n2)cc1OC. The molecule has 2 rings (SSSR count). The molecule has 0 saturated heterocycles. The largest absolute Gasteiger partial charge is 0.493 e. The van der Waals surface area contributed by atoms with Crippen LogP contribution in [0.2, 0.25) is 0 Å². The van der Waals surface area contributed by atoms with Crippen molar-refractivity contribution >= 4 is 11.3 Å². The van der Waals surface area contributed by atoms with Gasteiger partial charge in [0.25, 0.3) is 0 Å². The second kappa shape index (κ2) is 7.43. The van der Waals surface area contributed by atoms with Crippen molar-refractivity contribution in [2.24, 2.45) is 5.92 Å². The van der Waals surface area contributed by atoms with Crippen LogP contribution in [0.15, 0.2) is 23.6 Å². The number of nitrogens with zero attached hydrogens (tertiary/aromatic N) is 1. The monoisotopic (exact) mass is 306 g/mol. The van der Waals surface area contributed by atoms with Crippen LogP contribution in [0.3, 0.4) is 0 Å². The van der Waals surface area contributed by atoms with Gasteiger partial charge in [0.05, 0.1) is 19.9 Å². The maximum atomic E-state index is 5.33. The molecule has 2 aromatic rings. The molecule has 21 heavy (non-hydrogen) atoms. The van der Waals surface area contributed by atoms with Gasteiger partial charge in [-0.25, -0.2) is 4.98 Å². The Morgan fingerprint density at radius 2 is 1.95 bits per heavy atom. The summed E-state index contributed by atoms with van der Waals surface area (Å²) in [6, 6.07) is 5.87. The molecule has 0 bridgehead atoms. The van der Waals surface area contributed by atoms with Crippen molar-refractivity contribution in [3.8, 4) is 22.8 Å². The normalized spacial score (nSPS) is 10.9. The summed E-state index contributed by atoms with van der Waals surface area (Å²) in [7, 11) is 3.28. The van der Waals surface area contributed by atoms with Crippen LogP contribution in [-0.4, -0.2) is 25.7 Å². The van der Waals surface area contributed by atoms with Gasteiger partial charge in [-0.15, -0.1) is 11.3 Å². The predicted octanol–water partition coefficient (Wildman–Crippen LogP) is 3.57. The first-order chi connectivity index (χ1) is 10.1. The molecule has 5 heteroatoms. The third-order valence-electron chi connectivity index (χ3n) is 3.06. The zero-order valence-electron chi connectivity index (χ0n) is 13.0. The standard InChI is InChI=1S/C16H22N2O2S/c1-11(2)8-17-9-16-18-13(10-21-16)12-5-6-14(19-3)15(7-12)20-4/h5-7,10-11,17H,8-9H2,1-4H3. The summed E-state index contributed by atoms with van der Waals surface area (Å²) in [6.07, 6.45) is 0. The predicted molar refractivity (Wildman–Crippen MR) is 87.2 cm³/mol. The van der Waals surface area contributed by atoms with Gasteiger partial charge in [-0.3, -0.25) is 0 Å². The fourth-order valence-corrected chi connectivity index (χ4v) is 2.76. The molecule has 0 atom stereocenters. The molecule has 4 nitrogen and oxygen atoms in total. The molecule has 0 unspecified atom stereocenters. The summed E-state index contributed by atoms with van der Waals surface area (Å²) in [5.74, 6) is 2.10. The van der Waals surface area contributed by atoms with E-state index in [0.717, 1.165) is 40.9 Å². The van der Waals surface area contributed by atoms with Gasteiger partial charge in [-0.2, -0.15) is 0 Å². The molecular formula is C16H22N2O2S. The molecule has 0 saturated carbocycles. The lowest BCUT2D eigenvalue weighted by molar-refractivity contribution is 0.355. The van der Waals surface area contributed by atoms with E-state index in [-0.39, 0.29) is 0 Å². The van der Waals surface area contributed by atoms with Crippen LogP contribution in [0.1, 0.15) is 18.9 Å². The molecule has 1 N–H and O–H groups in total. The van der Waals surface area contributed by atoms with Crippen LogP contribution in [0.25, 0.3) is 11.3 Å². The van der Waals surface area contributed by atoms with Gasteiger partial charge in [-0.05, 0) is 30.7 Å². The lowest BCUT2D eigenvalue weighted by atomic mass is 10.1. The van der Waals surface area contributed by atoms with Gasteiger partial charge in [-0.1, -0.05) is 13.8 Å². The Bertz CT molecular complexity index is 581. The van der Waals surface area contributed by atoms with Crippen molar-refractivity contribution in [1.82, 2.24) is 10.3 Å². The minimum atomic E-state index is 0.648. The average molecular weight is 306 g/mol. The van der Waals surface area contributed by atoms with E-state index in [0.29, 0.717) is 5.92 Å². The minimum absolute atomic E-state index is 0.648. The number of thiazole rings is 1. The highest BCUT2D eigenvalue weighted by atomic mass is 32.1. The summed E-state index contributed by atoms with van der Waals surface area (Å²) in [5, 5.41) is 6.58. The molecule has 1 aromatic heterocycles. The first kappa shape index (κ1) is 15.8. The third-order valence-corrected chi connectivity index (χ3v) is 3.91. The minimum Gasteiger partial charge on any atom is -0.493 e. The van der Waals surface area contributed by atoms with Gasteiger partial charge in [0.15, 0.2) is 11.5 Å². The number of benzene rings is 1. The quantitative estimate of drug-likeness (QED) is 0.849. The topological polar surface area (TPSA) is 43.4 Å². The van der Waals surface area contributed by atoms with Crippen LogP contribution in [0.4, 0.5) is 0 Å². The fourth-order valence-electron chi connectivity index (χ4n) is 1.99. The highest BCUT2D eigenvalue weighted by Crippen LogP contribution is 2.32. The fraction of sp³-hybridized carbons (Fsp3) is 0.438. The second-order valence-corrected chi connectivity index (χ2v) is 6.16. The highest BCUT2D eigenvalue weighted by molar-refractivity contribution is 7.09. The molecule has 0 spiro atoms. The van der Waals surface area contributed by atoms with E-state index < -0.39 is 0 Å². The smallest absolute Gasteiger partial charge is 0.161 e. The van der Waals surface area contributed by atoms with Crippen molar-refractivity contribution in [3.05, 3.63) is 28.6 Å². The van der Waals surface area contributed by atoms with E-state index >= 15 is 0 Å². The molecule has 0 radical (unpaired) electrons. The number of nitrogens with one attached hydrogen (secondary N) is 1. The van der Waals surface area contributed by atoms with Gasteiger partial charge < -0.3 is 14.8 Å². The number of hydrogen-bond donors (Lipinski definition) is 1. The molecule has 0 aliphatic carbocycles. The highest BCUT2D eigenvalue weighted by Gasteiger charge is 2.09. The van der Waals surface area contributed by atoms with Crippen molar-refractivity contribution in [2.45, 2.75) is 20.4 Å². The van der Waals surface area contributed by atoms with E-state index in [1.54, 1.807) is 25.6 Å². The van der Waals surface area contributed by atoms with Crippen molar-refractivity contribution in [1.29, 1.82) is 0 Å². The molecule has 0 aliphatic heterocycles. The van der Waals surface area contributed by atoms with Crippen LogP contribution in [-0.2, 0) is 6.54 Å². The molecule has 1 aromatic carbocycles. The lowest BCUT2D eigenvalue weighted by Gasteiger charge is -2.08. The van der Waals surface area contributed by atoms with Crippen LogP contribution >= 0.6 is 11.3 Å². The summed E-state index contributed by atoms with van der Waals surface area (Å²) in [4.78, 5) is 4.67. The molecule has 0 fully saturated rings. The summed E-state index contributed by atoms with van der Waals surface area (Å²) in [6.45, 7) is 6.22. The van der Waals surface area contributed by atoms with Gasteiger partial charge in [0.2, 0.25) is 0 Å². The summed E-state index contributed by atoms with van der Waals surface area (Å²) < 4.78 is 10.6. The van der Waals surface area contributed by atoms with E-state index in [1.807, 2.05) is 18.2 Å². The first-order valence-electron chi connectivity index (χ1n) is 7.01. The number of ether oxygens (including phenoxy) is 2. The van der Waals surface area contributed by atoms with E-state index in [4.69, 9.17) is 9.47 Å². The lowest BCUT2D eigenvalue weighted by Crippen LogP contribution is -2.18. The van der Waals surface area contributed by atoms with Crippen molar-refractivity contribution in [2.75, 3.05) is 20.8 Å². The van der Waals surface area contributed by atoms with E-state index in [2.05, 4.69) is 29.5 Å². The Morgan fingerprint density at radius 3 is 2.62 bits per heavy atom. The van der Waals surface area contributed by atoms with Gasteiger partial charge >= 0.3 is 0 Å². The van der Waals surface area contributed by atoms with Gasteiger partial charge in [0, 0.05) is 17.5 Å². The maximum absolute atomic E-state index is 5.33. The number of aromatic nitrogens is 1. The molecule has 0 aliphatic rings. The van der Waals surface area contributed by atoms with E-state index in [1.165, 1.54) is 0 Å². The van der Waals surface area contributed by atoms with Crippen LogP contribution in [0.5, 0.6) is 11.5 Å². The molecule has 0 amide bonds. The molecular weight excluding hydrogens is 284 g/mol. The van der Waals surface area contributed by atoms with E-state index in [9.17, 15) is 0 Å².